The summed E-state index contributed by atoms with van der Waals surface area (Å²) in [7, 11) is -2.34. The number of benzene rings is 1. The second kappa shape index (κ2) is 8.72. The predicted octanol–water partition coefficient (Wildman–Crippen LogP) is 2.48. The quantitative estimate of drug-likeness (QED) is 0.573. The van der Waals surface area contributed by atoms with Gasteiger partial charge >= 0.3 is 0 Å². The van der Waals surface area contributed by atoms with Crippen molar-refractivity contribution in [2.24, 2.45) is 16.7 Å². The summed E-state index contributed by atoms with van der Waals surface area (Å²) in [5.74, 6) is -1.32. The van der Waals surface area contributed by atoms with Gasteiger partial charge in [-0.3, -0.25) is 19.3 Å². The van der Waals surface area contributed by atoms with Gasteiger partial charge in [0.25, 0.3) is 0 Å². The molecule has 9 nitrogen and oxygen atoms in total. The standard InChI is InChI=1S/C23H33N3O6S/c1-7-25(8-2)33(30,31)15-9-10-18(32-6)17(13-15)24-19(27)14-26-20(28)16-11-12-23(5,21(26)29)22(16,3)4/h9-10,13,16H,7-8,11-12,14H2,1-6H3,(H,24,27). The van der Waals surface area contributed by atoms with Gasteiger partial charge in [0.05, 0.1) is 23.1 Å². The van der Waals surface area contributed by atoms with Gasteiger partial charge < -0.3 is 10.1 Å². The van der Waals surface area contributed by atoms with Crippen LogP contribution in [0.2, 0.25) is 0 Å². The zero-order valence-electron chi connectivity index (χ0n) is 20.1. The second-order valence-electron chi connectivity index (χ2n) is 9.37. The highest BCUT2D eigenvalue weighted by Gasteiger charge is 2.64. The number of methoxy groups -OCH3 is 1. The molecule has 2 atom stereocenters. The topological polar surface area (TPSA) is 113 Å². The van der Waals surface area contributed by atoms with E-state index in [2.05, 4.69) is 5.32 Å². The molecule has 2 aliphatic rings. The number of imide groups is 1. The van der Waals surface area contributed by atoms with Crippen LogP contribution in [-0.2, 0) is 24.4 Å². The fourth-order valence-electron chi connectivity index (χ4n) is 5.04. The second-order valence-corrected chi connectivity index (χ2v) is 11.3. The van der Waals surface area contributed by atoms with Crippen LogP contribution in [0.15, 0.2) is 23.1 Å². The first-order chi connectivity index (χ1) is 15.3. The molecule has 0 spiro atoms. The Morgan fingerprint density at radius 3 is 2.42 bits per heavy atom. The van der Waals surface area contributed by atoms with Crippen molar-refractivity contribution in [2.75, 3.05) is 32.1 Å². The molecule has 182 valence electrons. The Kier molecular flexibility index (Phi) is 6.65. The van der Waals surface area contributed by atoms with Crippen molar-refractivity contribution in [1.82, 2.24) is 9.21 Å². The van der Waals surface area contributed by atoms with Crippen LogP contribution >= 0.6 is 0 Å². The number of ether oxygens (including phenoxy) is 1. The summed E-state index contributed by atoms with van der Waals surface area (Å²) in [5.41, 5.74) is -1.02. The molecule has 33 heavy (non-hydrogen) atoms. The minimum absolute atomic E-state index is 0.0136. The summed E-state index contributed by atoms with van der Waals surface area (Å²) in [4.78, 5) is 40.1. The molecule has 1 N–H and O–H groups in total. The van der Waals surface area contributed by atoms with Crippen LogP contribution in [-0.4, -0.2) is 62.1 Å². The number of carbonyl (C=O) groups is 3. The van der Waals surface area contributed by atoms with Gasteiger partial charge in [-0.15, -0.1) is 0 Å². The molecule has 3 amide bonds. The zero-order valence-corrected chi connectivity index (χ0v) is 20.9. The first-order valence-electron chi connectivity index (χ1n) is 11.2. The molecule has 1 saturated carbocycles. The van der Waals surface area contributed by atoms with Crippen LogP contribution in [0.1, 0.15) is 47.5 Å². The molecule has 2 unspecified atom stereocenters. The number of anilines is 1. The van der Waals surface area contributed by atoms with Gasteiger partial charge in [0.15, 0.2) is 0 Å². The molecule has 1 aromatic rings. The van der Waals surface area contributed by atoms with Gasteiger partial charge in [-0.2, -0.15) is 4.31 Å². The number of hydrogen-bond acceptors (Lipinski definition) is 6. The van der Waals surface area contributed by atoms with Crippen molar-refractivity contribution in [3.8, 4) is 5.75 Å². The number of nitrogens with one attached hydrogen (secondary N) is 1. The fourth-order valence-corrected chi connectivity index (χ4v) is 6.53. The van der Waals surface area contributed by atoms with Crippen molar-refractivity contribution in [2.45, 2.75) is 52.4 Å². The van der Waals surface area contributed by atoms with Crippen LogP contribution in [0.3, 0.4) is 0 Å². The SMILES string of the molecule is CCN(CC)S(=O)(=O)c1ccc(OC)c(NC(=O)CN2C(=O)C3CCC(C)(C2=O)C3(C)C)c1. The lowest BCUT2D eigenvalue weighted by Gasteiger charge is -2.47. The monoisotopic (exact) mass is 479 g/mol. The average molecular weight is 480 g/mol. The van der Waals surface area contributed by atoms with Gasteiger partial charge in [0.1, 0.15) is 12.3 Å². The zero-order chi connectivity index (χ0) is 24.8. The molecule has 1 aliphatic heterocycles. The molecule has 1 heterocycles. The number of hydrogen-bond donors (Lipinski definition) is 1. The number of likely N-dealkylation sites (tertiary alicyclic amines) is 1. The maximum atomic E-state index is 13.2. The van der Waals surface area contributed by atoms with E-state index in [4.69, 9.17) is 4.74 Å². The molecule has 1 aliphatic carbocycles. The van der Waals surface area contributed by atoms with E-state index in [1.165, 1.54) is 29.6 Å². The van der Waals surface area contributed by atoms with Crippen LogP contribution in [0.5, 0.6) is 5.75 Å². The van der Waals surface area contributed by atoms with Crippen molar-refractivity contribution in [1.29, 1.82) is 0 Å². The minimum Gasteiger partial charge on any atom is -0.495 e. The van der Waals surface area contributed by atoms with Crippen LogP contribution in [0.4, 0.5) is 5.69 Å². The summed E-state index contributed by atoms with van der Waals surface area (Å²) in [6.07, 6.45) is 1.22. The molecule has 1 saturated heterocycles. The van der Waals surface area contributed by atoms with E-state index >= 15 is 0 Å². The Balaban J connectivity index is 1.85. The van der Waals surface area contributed by atoms with Crippen LogP contribution in [0, 0.1) is 16.7 Å². The lowest BCUT2D eigenvalue weighted by molar-refractivity contribution is -0.168. The number of sulfonamides is 1. The highest BCUT2D eigenvalue weighted by Crippen LogP contribution is 2.60. The third-order valence-corrected chi connectivity index (χ3v) is 9.64. The van der Waals surface area contributed by atoms with E-state index in [0.717, 1.165) is 4.90 Å². The summed E-state index contributed by atoms with van der Waals surface area (Å²) in [6, 6.07) is 4.21. The van der Waals surface area contributed by atoms with Crippen molar-refractivity contribution >= 4 is 33.4 Å². The Bertz CT molecular complexity index is 1080. The largest absolute Gasteiger partial charge is 0.495 e. The molecule has 2 fully saturated rings. The molecule has 0 aromatic heterocycles. The molecule has 10 heteroatoms. The number of amides is 3. The van der Waals surface area contributed by atoms with Gasteiger partial charge in [-0.25, -0.2) is 8.42 Å². The van der Waals surface area contributed by atoms with Gasteiger partial charge in [0.2, 0.25) is 27.7 Å². The number of nitrogens with zero attached hydrogens (tertiary/aromatic N) is 2. The van der Waals surface area contributed by atoms with Crippen molar-refractivity contribution < 1.29 is 27.5 Å². The number of fused-ring (bicyclic) bond motifs is 2. The van der Waals surface area contributed by atoms with E-state index in [-0.39, 0.29) is 34.1 Å². The smallest absolute Gasteiger partial charge is 0.244 e. The third kappa shape index (κ3) is 3.93. The highest BCUT2D eigenvalue weighted by molar-refractivity contribution is 7.89. The maximum Gasteiger partial charge on any atom is 0.244 e. The van der Waals surface area contributed by atoms with Crippen molar-refractivity contribution in [3.05, 3.63) is 18.2 Å². The van der Waals surface area contributed by atoms with Gasteiger partial charge in [-0.1, -0.05) is 34.6 Å². The molecule has 1 aromatic carbocycles. The van der Waals surface area contributed by atoms with Crippen LogP contribution < -0.4 is 10.1 Å². The molecule has 3 rings (SSSR count). The first-order valence-corrected chi connectivity index (χ1v) is 12.6. The lowest BCUT2D eigenvalue weighted by Crippen LogP contribution is -2.60. The summed E-state index contributed by atoms with van der Waals surface area (Å²) in [6.45, 7) is 9.40. The Hall–Kier alpha value is -2.46. The normalized spacial score (nSPS) is 24.3. The molecular formula is C23H33N3O6S. The van der Waals surface area contributed by atoms with Crippen molar-refractivity contribution in [3.63, 3.8) is 0 Å². The third-order valence-electron chi connectivity index (χ3n) is 7.60. The van der Waals surface area contributed by atoms with Gasteiger partial charge in [-0.05, 0) is 36.5 Å². The Labute approximate surface area is 195 Å². The van der Waals surface area contributed by atoms with E-state index < -0.39 is 33.3 Å². The van der Waals surface area contributed by atoms with Crippen LogP contribution in [0.25, 0.3) is 0 Å². The maximum absolute atomic E-state index is 13.2. The Morgan fingerprint density at radius 1 is 1.21 bits per heavy atom. The fraction of sp³-hybridized carbons (Fsp3) is 0.609. The van der Waals surface area contributed by atoms with E-state index in [1.54, 1.807) is 13.8 Å². The average Bonchev–Trinajstić information content (AvgIpc) is 2.95. The Morgan fingerprint density at radius 2 is 1.85 bits per heavy atom. The number of piperidine rings is 1. The molecular weight excluding hydrogens is 446 g/mol. The number of carbonyl (C=O) groups excluding carboxylic acids is 3. The summed E-state index contributed by atoms with van der Waals surface area (Å²) < 4.78 is 32.4. The first kappa shape index (κ1) is 25.2. The van der Waals surface area contributed by atoms with E-state index in [0.29, 0.717) is 25.9 Å². The number of rotatable bonds is 8. The minimum atomic E-state index is -3.75. The van der Waals surface area contributed by atoms with E-state index in [9.17, 15) is 22.8 Å². The lowest BCUT2D eigenvalue weighted by atomic mass is 9.62. The predicted molar refractivity (Wildman–Crippen MR) is 123 cm³/mol. The summed E-state index contributed by atoms with van der Waals surface area (Å²) >= 11 is 0. The molecule has 0 radical (unpaired) electrons. The highest BCUT2D eigenvalue weighted by atomic mass is 32.2. The van der Waals surface area contributed by atoms with E-state index in [1.807, 2.05) is 20.8 Å². The molecule has 2 bridgehead atoms. The summed E-state index contributed by atoms with van der Waals surface area (Å²) in [5, 5.41) is 2.63. The van der Waals surface area contributed by atoms with Gasteiger partial charge in [0, 0.05) is 19.0 Å².